The van der Waals surface area contributed by atoms with Gasteiger partial charge in [-0.2, -0.15) is 0 Å². The Balaban J connectivity index is 1.45. The van der Waals surface area contributed by atoms with Crippen molar-refractivity contribution in [2.24, 2.45) is 7.05 Å². The van der Waals surface area contributed by atoms with Gasteiger partial charge in [-0.3, -0.25) is 9.59 Å². The first-order chi connectivity index (χ1) is 14.9. The van der Waals surface area contributed by atoms with Crippen LogP contribution in [0.5, 0.6) is 11.5 Å². The smallest absolute Gasteiger partial charge is 0.307 e. The van der Waals surface area contributed by atoms with Crippen molar-refractivity contribution in [2.45, 2.75) is 6.42 Å². The number of nitrogens with one attached hydrogen (secondary N) is 1. The van der Waals surface area contributed by atoms with Gasteiger partial charge in [-0.25, -0.2) is 0 Å². The van der Waals surface area contributed by atoms with Crippen LogP contribution in [0, 0.1) is 0 Å². The number of aliphatic carboxylic acids is 1. The number of halogens is 1. The summed E-state index contributed by atoms with van der Waals surface area (Å²) in [4.78, 5) is 23.6. The van der Waals surface area contributed by atoms with Crippen molar-refractivity contribution in [2.75, 3.05) is 5.32 Å². The molecule has 31 heavy (non-hydrogen) atoms. The number of benzene rings is 3. The second kappa shape index (κ2) is 8.65. The average Bonchev–Trinajstić information content (AvgIpc) is 3.08. The number of carboxylic acid groups (broad SMARTS) is 1. The van der Waals surface area contributed by atoms with E-state index in [9.17, 15) is 9.59 Å². The highest BCUT2D eigenvalue weighted by molar-refractivity contribution is 9.10. The fourth-order valence-electron chi connectivity index (χ4n) is 3.35. The predicted molar refractivity (Wildman–Crippen MR) is 123 cm³/mol. The molecule has 7 heteroatoms. The molecule has 0 aliphatic rings. The summed E-state index contributed by atoms with van der Waals surface area (Å²) in [5.41, 5.74) is 2.90. The van der Waals surface area contributed by atoms with E-state index in [-0.39, 0.29) is 12.3 Å². The summed E-state index contributed by atoms with van der Waals surface area (Å²) in [7, 11) is 1.87. The zero-order valence-electron chi connectivity index (χ0n) is 16.6. The minimum absolute atomic E-state index is 0.0516. The summed E-state index contributed by atoms with van der Waals surface area (Å²) in [6.07, 6.45) is -0.0516. The van der Waals surface area contributed by atoms with Crippen LogP contribution in [0.25, 0.3) is 10.9 Å². The number of para-hydroxylation sites is 1. The van der Waals surface area contributed by atoms with E-state index in [1.54, 1.807) is 42.5 Å². The summed E-state index contributed by atoms with van der Waals surface area (Å²) in [5.74, 6) is 0.0847. The molecule has 1 amide bonds. The zero-order chi connectivity index (χ0) is 22.0. The van der Waals surface area contributed by atoms with Gasteiger partial charge >= 0.3 is 5.97 Å². The number of hydrogen-bond acceptors (Lipinski definition) is 3. The van der Waals surface area contributed by atoms with Crippen LogP contribution in [0.3, 0.4) is 0 Å². The van der Waals surface area contributed by atoms with Gasteiger partial charge in [0.1, 0.15) is 17.2 Å². The number of amides is 1. The Morgan fingerprint density at radius 1 is 1.03 bits per heavy atom. The van der Waals surface area contributed by atoms with Crippen molar-refractivity contribution >= 4 is 44.4 Å². The third kappa shape index (κ3) is 4.62. The van der Waals surface area contributed by atoms with Gasteiger partial charge in [0.15, 0.2) is 0 Å². The molecule has 1 heterocycles. The van der Waals surface area contributed by atoms with Crippen molar-refractivity contribution in [1.82, 2.24) is 4.57 Å². The first kappa shape index (κ1) is 20.7. The number of ether oxygens (including phenoxy) is 1. The van der Waals surface area contributed by atoms with Crippen LogP contribution in [-0.4, -0.2) is 21.6 Å². The molecule has 1 aromatic heterocycles. The lowest BCUT2D eigenvalue weighted by Crippen LogP contribution is -2.15. The van der Waals surface area contributed by atoms with Gasteiger partial charge in [-0.1, -0.05) is 24.3 Å². The molecule has 0 bridgehead atoms. The van der Waals surface area contributed by atoms with Crippen LogP contribution < -0.4 is 10.1 Å². The molecule has 0 unspecified atom stereocenters. The molecule has 0 atom stereocenters. The Hall–Kier alpha value is -3.58. The molecule has 3 aromatic carbocycles. The lowest BCUT2D eigenvalue weighted by molar-refractivity contribution is -0.136. The van der Waals surface area contributed by atoms with E-state index in [0.29, 0.717) is 32.9 Å². The summed E-state index contributed by atoms with van der Waals surface area (Å²) in [6.45, 7) is 0. The Bertz CT molecular complexity index is 1280. The van der Waals surface area contributed by atoms with Gasteiger partial charge < -0.3 is 19.7 Å². The maximum Gasteiger partial charge on any atom is 0.307 e. The Morgan fingerprint density at radius 3 is 2.45 bits per heavy atom. The molecule has 0 aliphatic carbocycles. The third-order valence-electron chi connectivity index (χ3n) is 4.88. The van der Waals surface area contributed by atoms with E-state index in [1.807, 2.05) is 41.9 Å². The molecule has 4 rings (SSSR count). The quantitative estimate of drug-likeness (QED) is 0.377. The highest BCUT2D eigenvalue weighted by Gasteiger charge is 2.13. The number of anilines is 1. The molecular formula is C24H19BrN2O4. The van der Waals surface area contributed by atoms with Crippen molar-refractivity contribution < 1.29 is 19.4 Å². The van der Waals surface area contributed by atoms with Gasteiger partial charge in [0.05, 0.1) is 10.9 Å². The lowest BCUT2D eigenvalue weighted by atomic mass is 10.1. The minimum atomic E-state index is -0.887. The van der Waals surface area contributed by atoms with Gasteiger partial charge in [0.25, 0.3) is 5.91 Å². The number of nitrogens with zero attached hydrogens (tertiary/aromatic N) is 1. The number of carbonyl (C=O) groups excluding carboxylic acids is 1. The van der Waals surface area contributed by atoms with Gasteiger partial charge in [0, 0.05) is 23.6 Å². The van der Waals surface area contributed by atoms with E-state index < -0.39 is 5.97 Å². The lowest BCUT2D eigenvalue weighted by Gasteiger charge is -2.10. The zero-order valence-corrected chi connectivity index (χ0v) is 18.2. The molecule has 0 fully saturated rings. The van der Waals surface area contributed by atoms with Gasteiger partial charge in [0.2, 0.25) is 0 Å². The summed E-state index contributed by atoms with van der Waals surface area (Å²) >= 11 is 3.41. The van der Waals surface area contributed by atoms with E-state index >= 15 is 0 Å². The fourth-order valence-corrected chi connectivity index (χ4v) is 3.85. The van der Waals surface area contributed by atoms with Gasteiger partial charge in [-0.05, 0) is 70.0 Å². The topological polar surface area (TPSA) is 80.6 Å². The maximum atomic E-state index is 12.7. The molecule has 2 N–H and O–H groups in total. The molecule has 0 aliphatic heterocycles. The number of hydrogen-bond donors (Lipinski definition) is 2. The number of aromatic nitrogens is 1. The largest absolute Gasteiger partial charge is 0.481 e. The summed E-state index contributed by atoms with van der Waals surface area (Å²) < 4.78 is 8.40. The summed E-state index contributed by atoms with van der Waals surface area (Å²) in [5, 5.41) is 12.8. The normalized spacial score (nSPS) is 10.8. The molecule has 0 radical (unpaired) electrons. The molecule has 4 aromatic rings. The number of aryl methyl sites for hydroxylation is 1. The van der Waals surface area contributed by atoms with Crippen LogP contribution in [0.2, 0.25) is 0 Å². The molecule has 0 spiro atoms. The van der Waals surface area contributed by atoms with Crippen LogP contribution in [-0.2, 0) is 18.3 Å². The SMILES string of the molecule is Cn1c(C(=O)Nc2ccc(Oc3ccc(CC(=O)O)cc3Br)cc2)cc2ccccc21. The van der Waals surface area contributed by atoms with E-state index in [4.69, 9.17) is 9.84 Å². The third-order valence-corrected chi connectivity index (χ3v) is 5.50. The Kier molecular flexibility index (Phi) is 5.77. The Morgan fingerprint density at radius 2 is 1.77 bits per heavy atom. The van der Waals surface area contributed by atoms with Crippen LogP contribution in [0.1, 0.15) is 16.1 Å². The average molecular weight is 479 g/mol. The van der Waals surface area contributed by atoms with Gasteiger partial charge in [-0.15, -0.1) is 0 Å². The predicted octanol–water partition coefficient (Wildman–Crippen LogP) is 5.61. The molecule has 6 nitrogen and oxygen atoms in total. The standard InChI is InChI=1S/C24H19BrN2O4/c1-27-20-5-3-2-4-16(20)14-21(27)24(30)26-17-7-9-18(10-8-17)31-22-11-6-15(12-19(22)25)13-23(28)29/h2-12,14H,13H2,1H3,(H,26,30)(H,28,29). The van der Waals surface area contributed by atoms with Crippen molar-refractivity contribution in [3.8, 4) is 11.5 Å². The molecule has 0 saturated heterocycles. The van der Waals surface area contributed by atoms with Crippen LogP contribution in [0.15, 0.2) is 77.3 Å². The van der Waals surface area contributed by atoms with Crippen molar-refractivity contribution in [3.05, 3.63) is 88.5 Å². The number of fused-ring (bicyclic) bond motifs is 1. The molecule has 0 saturated carbocycles. The number of carbonyl (C=O) groups is 2. The maximum absolute atomic E-state index is 12.7. The number of carboxylic acids is 1. The first-order valence-electron chi connectivity index (χ1n) is 9.54. The second-order valence-electron chi connectivity index (χ2n) is 7.06. The minimum Gasteiger partial charge on any atom is -0.481 e. The molecular weight excluding hydrogens is 460 g/mol. The van der Waals surface area contributed by atoms with Crippen molar-refractivity contribution in [3.63, 3.8) is 0 Å². The highest BCUT2D eigenvalue weighted by atomic mass is 79.9. The first-order valence-corrected chi connectivity index (χ1v) is 10.3. The fraction of sp³-hybridized carbons (Fsp3) is 0.0833. The van der Waals surface area contributed by atoms with E-state index in [2.05, 4.69) is 21.2 Å². The molecule has 156 valence electrons. The second-order valence-corrected chi connectivity index (χ2v) is 7.92. The van der Waals surface area contributed by atoms with E-state index in [1.165, 1.54) is 0 Å². The Labute approximate surface area is 187 Å². The van der Waals surface area contributed by atoms with E-state index in [0.717, 1.165) is 10.9 Å². The van der Waals surface area contributed by atoms with Crippen LogP contribution in [0.4, 0.5) is 5.69 Å². The summed E-state index contributed by atoms with van der Waals surface area (Å²) in [6, 6.07) is 21.9. The monoisotopic (exact) mass is 478 g/mol. The van der Waals surface area contributed by atoms with Crippen molar-refractivity contribution in [1.29, 1.82) is 0 Å². The number of rotatable bonds is 6. The highest BCUT2D eigenvalue weighted by Crippen LogP contribution is 2.31. The van der Waals surface area contributed by atoms with Crippen LogP contribution >= 0.6 is 15.9 Å².